The molecule has 31 heavy (non-hydrogen) atoms. The molecule has 1 saturated heterocycles. The summed E-state index contributed by atoms with van der Waals surface area (Å²) in [4.78, 5) is 23.0. The van der Waals surface area contributed by atoms with Crippen molar-refractivity contribution in [3.8, 4) is 11.5 Å². The minimum absolute atomic E-state index is 0.112. The van der Waals surface area contributed by atoms with Crippen molar-refractivity contribution in [2.24, 2.45) is 5.92 Å². The fourth-order valence-electron chi connectivity index (χ4n) is 3.78. The Morgan fingerprint density at radius 1 is 1.19 bits per heavy atom. The average molecular weight is 421 g/mol. The van der Waals surface area contributed by atoms with Crippen molar-refractivity contribution in [2.75, 3.05) is 13.1 Å². The van der Waals surface area contributed by atoms with Crippen LogP contribution in [0, 0.1) is 11.7 Å². The third-order valence-electron chi connectivity index (χ3n) is 5.37. The van der Waals surface area contributed by atoms with Crippen LogP contribution in [0.2, 0.25) is 0 Å². The number of carbonyl (C=O) groups is 1. The first-order valence-corrected chi connectivity index (χ1v) is 10.1. The van der Waals surface area contributed by atoms with Crippen molar-refractivity contribution < 1.29 is 18.1 Å². The quantitative estimate of drug-likeness (QED) is 0.474. The van der Waals surface area contributed by atoms with Crippen molar-refractivity contribution >= 4 is 5.91 Å². The Balaban J connectivity index is 1.18. The summed E-state index contributed by atoms with van der Waals surface area (Å²) in [5.41, 5.74) is 0.674. The zero-order valence-corrected chi connectivity index (χ0v) is 16.6. The van der Waals surface area contributed by atoms with Crippen LogP contribution in [0.25, 0.3) is 11.5 Å². The maximum atomic E-state index is 13.1. The van der Waals surface area contributed by atoms with Gasteiger partial charge in [-0.2, -0.15) is 4.98 Å². The molecule has 1 unspecified atom stereocenters. The normalized spacial score (nSPS) is 16.2. The molecule has 8 nitrogen and oxygen atoms in total. The summed E-state index contributed by atoms with van der Waals surface area (Å²) in [6.07, 6.45) is 6.71. The van der Waals surface area contributed by atoms with Crippen molar-refractivity contribution in [2.45, 2.75) is 19.4 Å². The van der Waals surface area contributed by atoms with Gasteiger partial charge in [-0.3, -0.25) is 4.79 Å². The van der Waals surface area contributed by atoms with Crippen LogP contribution in [0.1, 0.15) is 28.6 Å². The number of carbonyl (C=O) groups excluding carboxylic acids is 1. The van der Waals surface area contributed by atoms with Crippen molar-refractivity contribution in [1.29, 1.82) is 0 Å². The van der Waals surface area contributed by atoms with Crippen LogP contribution in [0.4, 0.5) is 4.39 Å². The first kappa shape index (κ1) is 19.2. The van der Waals surface area contributed by atoms with Crippen molar-refractivity contribution in [1.82, 2.24) is 24.6 Å². The number of likely N-dealkylation sites (tertiary alicyclic amines) is 1. The molecule has 0 bridgehead atoms. The molecule has 0 radical (unpaired) electrons. The van der Waals surface area contributed by atoms with Gasteiger partial charge in [0.2, 0.25) is 0 Å². The lowest BCUT2D eigenvalue weighted by atomic mass is 10.1. The van der Waals surface area contributed by atoms with E-state index in [1.54, 1.807) is 35.6 Å². The molecule has 1 aliphatic heterocycles. The van der Waals surface area contributed by atoms with Gasteiger partial charge in [0.05, 0.1) is 12.9 Å². The number of nitrogens with zero attached hydrogens (tertiary/aromatic N) is 5. The number of aromatic nitrogens is 4. The van der Waals surface area contributed by atoms with Crippen molar-refractivity contribution in [3.05, 3.63) is 78.3 Å². The largest absolute Gasteiger partial charge is 0.454 e. The smallest absolute Gasteiger partial charge is 0.289 e. The predicted molar refractivity (Wildman–Crippen MR) is 107 cm³/mol. The second-order valence-electron chi connectivity index (χ2n) is 7.63. The Kier molecular flexibility index (Phi) is 5.07. The monoisotopic (exact) mass is 421 g/mol. The van der Waals surface area contributed by atoms with Gasteiger partial charge in [0.15, 0.2) is 11.6 Å². The van der Waals surface area contributed by atoms with Gasteiger partial charge in [0.1, 0.15) is 11.6 Å². The molecule has 0 aliphatic carbocycles. The molecule has 0 spiro atoms. The van der Waals surface area contributed by atoms with Crippen LogP contribution in [0.5, 0.6) is 0 Å². The molecule has 5 rings (SSSR count). The Morgan fingerprint density at radius 2 is 2.06 bits per heavy atom. The van der Waals surface area contributed by atoms with Gasteiger partial charge >= 0.3 is 0 Å². The van der Waals surface area contributed by atoms with E-state index in [-0.39, 0.29) is 17.6 Å². The Labute approximate surface area is 177 Å². The number of hydrogen-bond donors (Lipinski definition) is 0. The Hall–Kier alpha value is -3.75. The lowest BCUT2D eigenvalue weighted by Crippen LogP contribution is -2.28. The van der Waals surface area contributed by atoms with Crippen molar-refractivity contribution in [3.63, 3.8) is 0 Å². The van der Waals surface area contributed by atoms with E-state index in [1.807, 2.05) is 16.8 Å². The van der Waals surface area contributed by atoms with E-state index in [0.29, 0.717) is 54.9 Å². The minimum Gasteiger partial charge on any atom is -0.454 e. The molecule has 0 saturated carbocycles. The molecule has 158 valence electrons. The second kappa shape index (κ2) is 8.17. The van der Waals surface area contributed by atoms with Crippen LogP contribution in [0.15, 0.2) is 64.1 Å². The Bertz CT molecular complexity index is 1170. The predicted octanol–water partition coefficient (Wildman–Crippen LogP) is 3.42. The topological polar surface area (TPSA) is 90.2 Å². The van der Waals surface area contributed by atoms with E-state index in [4.69, 9.17) is 8.94 Å². The lowest BCUT2D eigenvalue weighted by molar-refractivity contribution is 0.0753. The van der Waals surface area contributed by atoms with Crippen LogP contribution in [0.3, 0.4) is 0 Å². The van der Waals surface area contributed by atoms with Crippen LogP contribution < -0.4 is 0 Å². The molecule has 0 N–H and O–H groups in total. The first-order chi connectivity index (χ1) is 15.1. The van der Waals surface area contributed by atoms with E-state index in [1.165, 1.54) is 12.1 Å². The molecule has 1 aliphatic rings. The standard InChI is InChI=1S/C22H20FN5O3/c23-17-3-1-16(2-4-17)21-25-20(26-31-21)11-15-7-9-28(12-15)22(29)19-6-5-18(30-19)13-27-10-8-24-14-27/h1-6,8,10,14-15H,7,9,11-13H2. The zero-order valence-electron chi connectivity index (χ0n) is 16.6. The summed E-state index contributed by atoms with van der Waals surface area (Å²) < 4.78 is 26.0. The number of halogens is 1. The van der Waals surface area contributed by atoms with Gasteiger partial charge in [-0.05, 0) is 48.7 Å². The van der Waals surface area contributed by atoms with E-state index in [2.05, 4.69) is 15.1 Å². The summed E-state index contributed by atoms with van der Waals surface area (Å²) in [6.45, 7) is 1.80. The van der Waals surface area contributed by atoms with Crippen LogP contribution >= 0.6 is 0 Å². The van der Waals surface area contributed by atoms with E-state index in [9.17, 15) is 9.18 Å². The maximum absolute atomic E-state index is 13.1. The number of imidazole rings is 1. The van der Waals surface area contributed by atoms with E-state index >= 15 is 0 Å². The number of benzene rings is 1. The molecule has 1 fully saturated rings. The van der Waals surface area contributed by atoms with Gasteiger partial charge in [0.25, 0.3) is 11.8 Å². The summed E-state index contributed by atoms with van der Waals surface area (Å²) >= 11 is 0. The summed E-state index contributed by atoms with van der Waals surface area (Å²) in [6, 6.07) is 9.46. The fraction of sp³-hybridized carbons (Fsp3) is 0.273. The highest BCUT2D eigenvalue weighted by atomic mass is 19.1. The number of furan rings is 1. The van der Waals surface area contributed by atoms with Gasteiger partial charge in [0, 0.05) is 37.5 Å². The molecule has 1 atom stereocenters. The van der Waals surface area contributed by atoms with Gasteiger partial charge in [-0.25, -0.2) is 9.37 Å². The molecule has 4 aromatic rings. The van der Waals surface area contributed by atoms with E-state index < -0.39 is 0 Å². The molecule has 4 heterocycles. The minimum atomic E-state index is -0.315. The van der Waals surface area contributed by atoms with Crippen LogP contribution in [-0.2, 0) is 13.0 Å². The molecule has 1 aromatic carbocycles. The lowest BCUT2D eigenvalue weighted by Gasteiger charge is -2.14. The molecular formula is C22H20FN5O3. The SMILES string of the molecule is O=C(c1ccc(Cn2ccnc2)o1)N1CCC(Cc2noc(-c3ccc(F)cc3)n2)C1. The summed E-state index contributed by atoms with van der Waals surface area (Å²) in [5, 5.41) is 4.04. The summed E-state index contributed by atoms with van der Waals surface area (Å²) in [5.74, 6) is 1.81. The van der Waals surface area contributed by atoms with Gasteiger partial charge in [-0.15, -0.1) is 0 Å². The highest BCUT2D eigenvalue weighted by Crippen LogP contribution is 2.24. The van der Waals surface area contributed by atoms with E-state index in [0.717, 1.165) is 6.42 Å². The van der Waals surface area contributed by atoms with Gasteiger partial charge < -0.3 is 18.4 Å². The number of hydrogen-bond acceptors (Lipinski definition) is 6. The average Bonchev–Trinajstić information content (AvgIpc) is 3.57. The molecular weight excluding hydrogens is 401 g/mol. The third-order valence-corrected chi connectivity index (χ3v) is 5.37. The van der Waals surface area contributed by atoms with Gasteiger partial charge in [-0.1, -0.05) is 5.16 Å². The maximum Gasteiger partial charge on any atom is 0.289 e. The molecule has 1 amide bonds. The number of rotatable bonds is 6. The summed E-state index contributed by atoms with van der Waals surface area (Å²) in [7, 11) is 0. The zero-order chi connectivity index (χ0) is 21.2. The number of amides is 1. The van der Waals surface area contributed by atoms with Crippen LogP contribution in [-0.4, -0.2) is 43.6 Å². The molecule has 9 heteroatoms. The fourth-order valence-corrected chi connectivity index (χ4v) is 3.78. The second-order valence-corrected chi connectivity index (χ2v) is 7.63. The third kappa shape index (κ3) is 4.25. The highest BCUT2D eigenvalue weighted by molar-refractivity contribution is 5.91. The first-order valence-electron chi connectivity index (χ1n) is 10.1. The molecule has 3 aromatic heterocycles. The Morgan fingerprint density at radius 3 is 2.87 bits per heavy atom. The highest BCUT2D eigenvalue weighted by Gasteiger charge is 2.29.